The Morgan fingerprint density at radius 3 is 2.44 bits per heavy atom. The lowest BCUT2D eigenvalue weighted by atomic mass is 10.0. The van der Waals surface area contributed by atoms with Gasteiger partial charge in [-0.2, -0.15) is 5.26 Å². The first kappa shape index (κ1) is 22.9. The van der Waals surface area contributed by atoms with Gasteiger partial charge in [0.05, 0.1) is 6.54 Å². The topological polar surface area (TPSA) is 94.9 Å². The molecule has 0 aromatic heterocycles. The molecule has 0 bridgehead atoms. The fraction of sp³-hybridized carbons (Fsp3) is 0.375. The predicted octanol–water partition coefficient (Wildman–Crippen LogP) is 2.61. The molecule has 1 aliphatic heterocycles. The molecular weight excluding hydrogens is 408 g/mol. The second kappa shape index (κ2) is 10.5. The summed E-state index contributed by atoms with van der Waals surface area (Å²) < 4.78 is 11.0. The molecule has 2 aromatic rings. The zero-order chi connectivity index (χ0) is 23.1. The molecule has 1 atom stereocenters. The summed E-state index contributed by atoms with van der Waals surface area (Å²) >= 11 is 0. The Morgan fingerprint density at radius 1 is 1.09 bits per heavy atom. The van der Waals surface area contributed by atoms with E-state index >= 15 is 0 Å². The summed E-state index contributed by atoms with van der Waals surface area (Å²) in [5, 5.41) is 15.0. The predicted molar refractivity (Wildman–Crippen MR) is 119 cm³/mol. The quantitative estimate of drug-likeness (QED) is 0.388. The van der Waals surface area contributed by atoms with Crippen molar-refractivity contribution in [3.05, 3.63) is 59.7 Å². The van der Waals surface area contributed by atoms with E-state index in [-0.39, 0.29) is 11.8 Å². The van der Waals surface area contributed by atoms with Gasteiger partial charge in [0, 0.05) is 12.6 Å². The van der Waals surface area contributed by atoms with Crippen LogP contribution < -0.4 is 14.8 Å². The van der Waals surface area contributed by atoms with E-state index in [1.165, 1.54) is 10.0 Å². The third kappa shape index (κ3) is 5.49. The molecular formula is C24H28N4O4. The van der Waals surface area contributed by atoms with Crippen LogP contribution in [0.2, 0.25) is 0 Å². The van der Waals surface area contributed by atoms with Crippen molar-refractivity contribution in [2.24, 2.45) is 5.92 Å². The molecule has 168 valence electrons. The molecule has 2 amide bonds. The molecule has 1 heterocycles. The molecule has 1 aliphatic rings. The number of likely N-dealkylation sites (N-methyl/N-ethyl adjacent to an activating group) is 1. The zero-order valence-electron chi connectivity index (χ0n) is 18.6. The van der Waals surface area contributed by atoms with Crippen molar-refractivity contribution in [1.82, 2.24) is 15.3 Å². The molecule has 0 saturated carbocycles. The van der Waals surface area contributed by atoms with Crippen LogP contribution in [-0.2, 0) is 11.2 Å². The highest BCUT2D eigenvalue weighted by Crippen LogP contribution is 2.30. The molecule has 2 aromatic carbocycles. The van der Waals surface area contributed by atoms with Gasteiger partial charge in [0.15, 0.2) is 17.7 Å². The van der Waals surface area contributed by atoms with Crippen LogP contribution in [0.3, 0.4) is 0 Å². The van der Waals surface area contributed by atoms with E-state index in [2.05, 4.69) is 11.5 Å². The Labute approximate surface area is 188 Å². The zero-order valence-corrected chi connectivity index (χ0v) is 18.6. The number of nitriles is 1. The van der Waals surface area contributed by atoms with E-state index in [0.29, 0.717) is 43.2 Å². The molecule has 0 radical (unpaired) electrons. The fourth-order valence-corrected chi connectivity index (χ4v) is 3.39. The van der Waals surface area contributed by atoms with Crippen molar-refractivity contribution < 1.29 is 19.1 Å². The molecule has 0 fully saturated rings. The number of rotatable bonds is 8. The van der Waals surface area contributed by atoms with Crippen molar-refractivity contribution in [1.29, 1.82) is 5.26 Å². The number of ether oxygens (including phenoxy) is 2. The van der Waals surface area contributed by atoms with Gasteiger partial charge in [-0.05, 0) is 36.1 Å². The van der Waals surface area contributed by atoms with Crippen LogP contribution in [0.4, 0.5) is 0 Å². The second-order valence-corrected chi connectivity index (χ2v) is 7.87. The number of hydrogen-bond donors (Lipinski definition) is 1. The van der Waals surface area contributed by atoms with E-state index in [9.17, 15) is 14.9 Å². The average Bonchev–Trinajstić information content (AvgIpc) is 2.82. The highest BCUT2D eigenvalue weighted by atomic mass is 16.6. The number of benzene rings is 2. The van der Waals surface area contributed by atoms with E-state index < -0.39 is 11.9 Å². The summed E-state index contributed by atoms with van der Waals surface area (Å²) in [6.07, 6.45) is 2.67. The summed E-state index contributed by atoms with van der Waals surface area (Å²) in [5.41, 5.74) is 1.44. The second-order valence-electron chi connectivity index (χ2n) is 7.87. The Balaban J connectivity index is 1.67. The molecule has 8 nitrogen and oxygen atoms in total. The average molecular weight is 437 g/mol. The normalized spacial score (nSPS) is 13.1. The smallest absolute Gasteiger partial charge is 0.264 e. The van der Waals surface area contributed by atoms with Crippen LogP contribution in [0.15, 0.2) is 48.5 Å². The molecule has 0 spiro atoms. The van der Waals surface area contributed by atoms with E-state index in [0.717, 1.165) is 5.56 Å². The SMILES string of the molecule is CC(C)[C@H](NC(=O)c1ccc2c(c1)OCCO2)C(=O)N(C)N(C#N)CCc1ccccc1. The number of hydrazine groups is 1. The van der Waals surface area contributed by atoms with Crippen molar-refractivity contribution in [3.8, 4) is 17.7 Å². The lowest BCUT2D eigenvalue weighted by Gasteiger charge is -2.32. The van der Waals surface area contributed by atoms with Crippen LogP contribution >= 0.6 is 0 Å². The van der Waals surface area contributed by atoms with Gasteiger partial charge in [-0.1, -0.05) is 44.2 Å². The summed E-state index contributed by atoms with van der Waals surface area (Å²) in [6, 6.07) is 13.9. The third-order valence-electron chi connectivity index (χ3n) is 5.28. The number of carbonyl (C=O) groups excluding carboxylic acids is 2. The lowest BCUT2D eigenvalue weighted by Crippen LogP contribution is -2.54. The number of amides is 2. The standard InChI is InChI=1S/C24H28N4O4/c1-17(2)22(26-23(29)19-9-10-20-21(15-19)32-14-13-31-20)24(30)27(3)28(16-25)12-11-18-7-5-4-6-8-18/h4-10,15,17,22H,11-14H2,1-3H3,(H,26,29)/t22-/m0/s1. The number of carbonyl (C=O) groups is 2. The number of nitrogens with one attached hydrogen (secondary N) is 1. The molecule has 32 heavy (non-hydrogen) atoms. The number of fused-ring (bicyclic) bond motifs is 1. The van der Waals surface area contributed by atoms with Crippen molar-refractivity contribution in [2.75, 3.05) is 26.8 Å². The summed E-state index contributed by atoms with van der Waals surface area (Å²) in [6.45, 7) is 4.93. The maximum Gasteiger partial charge on any atom is 0.264 e. The first-order valence-electron chi connectivity index (χ1n) is 10.6. The van der Waals surface area contributed by atoms with E-state index in [1.54, 1.807) is 25.2 Å². The van der Waals surface area contributed by atoms with Crippen LogP contribution in [0.5, 0.6) is 11.5 Å². The van der Waals surface area contributed by atoms with Crippen LogP contribution in [0.25, 0.3) is 0 Å². The van der Waals surface area contributed by atoms with Crippen molar-refractivity contribution in [3.63, 3.8) is 0 Å². The van der Waals surface area contributed by atoms with Gasteiger partial charge >= 0.3 is 0 Å². The highest BCUT2D eigenvalue weighted by molar-refractivity contribution is 5.98. The maximum absolute atomic E-state index is 13.2. The fourth-order valence-electron chi connectivity index (χ4n) is 3.39. The lowest BCUT2D eigenvalue weighted by molar-refractivity contribution is -0.144. The van der Waals surface area contributed by atoms with Crippen LogP contribution in [0, 0.1) is 17.4 Å². The van der Waals surface area contributed by atoms with Gasteiger partial charge in [0.1, 0.15) is 19.3 Å². The Bertz CT molecular complexity index is 987. The Morgan fingerprint density at radius 2 is 1.78 bits per heavy atom. The molecule has 3 rings (SSSR count). The molecule has 0 unspecified atom stereocenters. The summed E-state index contributed by atoms with van der Waals surface area (Å²) in [4.78, 5) is 26.0. The van der Waals surface area contributed by atoms with Gasteiger partial charge < -0.3 is 14.8 Å². The maximum atomic E-state index is 13.2. The van der Waals surface area contributed by atoms with Gasteiger partial charge in [-0.3, -0.25) is 9.59 Å². The Kier molecular flexibility index (Phi) is 7.55. The van der Waals surface area contributed by atoms with Gasteiger partial charge in [0.25, 0.3) is 11.8 Å². The molecule has 8 heteroatoms. The van der Waals surface area contributed by atoms with Crippen LogP contribution in [-0.4, -0.2) is 54.7 Å². The van der Waals surface area contributed by atoms with Gasteiger partial charge in [-0.25, -0.2) is 10.0 Å². The molecule has 0 aliphatic carbocycles. The minimum absolute atomic E-state index is 0.180. The highest BCUT2D eigenvalue weighted by Gasteiger charge is 2.30. The number of hydrogen-bond acceptors (Lipinski definition) is 6. The molecule has 0 saturated heterocycles. The summed E-state index contributed by atoms with van der Waals surface area (Å²) in [5.74, 6) is 0.161. The van der Waals surface area contributed by atoms with E-state index in [1.807, 2.05) is 44.2 Å². The Hall–Kier alpha value is -3.73. The van der Waals surface area contributed by atoms with E-state index in [4.69, 9.17) is 9.47 Å². The van der Waals surface area contributed by atoms with Crippen molar-refractivity contribution >= 4 is 11.8 Å². The monoisotopic (exact) mass is 436 g/mol. The summed E-state index contributed by atoms with van der Waals surface area (Å²) in [7, 11) is 1.54. The van der Waals surface area contributed by atoms with Crippen LogP contribution in [0.1, 0.15) is 29.8 Å². The minimum atomic E-state index is -0.798. The first-order chi connectivity index (χ1) is 15.4. The third-order valence-corrected chi connectivity index (χ3v) is 5.28. The van der Waals surface area contributed by atoms with Gasteiger partial charge in [-0.15, -0.1) is 0 Å². The largest absolute Gasteiger partial charge is 0.486 e. The first-order valence-corrected chi connectivity index (χ1v) is 10.6. The molecule has 1 N–H and O–H groups in total. The number of nitrogens with zero attached hydrogens (tertiary/aromatic N) is 3. The van der Waals surface area contributed by atoms with Gasteiger partial charge in [0.2, 0.25) is 0 Å². The minimum Gasteiger partial charge on any atom is -0.486 e. The van der Waals surface area contributed by atoms with Crippen molar-refractivity contribution in [2.45, 2.75) is 26.3 Å².